The summed E-state index contributed by atoms with van der Waals surface area (Å²) in [6.45, 7) is 0. The molecule has 2 aliphatic carbocycles. The number of pyridine rings is 1. The number of rotatable bonds is 4. The third kappa shape index (κ3) is 5.05. The van der Waals surface area contributed by atoms with Crippen molar-refractivity contribution in [1.29, 1.82) is 0 Å². The largest absolute Gasteiger partial charge is 0.264 e. The lowest BCUT2D eigenvalue weighted by atomic mass is 9.65. The average molecular weight is 750 g/mol. The highest BCUT2D eigenvalue weighted by Crippen LogP contribution is 2.61. The number of hydrogen-bond acceptors (Lipinski definition) is 3. The van der Waals surface area contributed by atoms with Crippen LogP contribution in [0.2, 0.25) is 0 Å². The van der Waals surface area contributed by atoms with E-state index in [1.165, 1.54) is 77.5 Å². The van der Waals surface area contributed by atoms with Gasteiger partial charge in [-0.2, -0.15) is 0 Å². The van der Waals surface area contributed by atoms with Gasteiger partial charge in [0.1, 0.15) is 0 Å². The van der Waals surface area contributed by atoms with Crippen LogP contribution >= 0.6 is 0 Å². The molecule has 2 aliphatic rings. The zero-order valence-electron chi connectivity index (χ0n) is 32.0. The zero-order valence-corrected chi connectivity index (χ0v) is 32.0. The molecule has 59 heavy (non-hydrogen) atoms. The minimum atomic E-state index is -0.588. The summed E-state index contributed by atoms with van der Waals surface area (Å²) in [5.41, 5.74) is 18.9. The second kappa shape index (κ2) is 13.2. The Morgan fingerprint density at radius 3 is 1.49 bits per heavy atom. The summed E-state index contributed by atoms with van der Waals surface area (Å²) in [4.78, 5) is 15.2. The van der Waals surface area contributed by atoms with Gasteiger partial charge in [0.05, 0.1) is 16.8 Å². The number of benzene rings is 8. The van der Waals surface area contributed by atoms with E-state index in [0.29, 0.717) is 5.82 Å². The molecule has 3 nitrogen and oxygen atoms in total. The van der Waals surface area contributed by atoms with Crippen LogP contribution in [0.4, 0.5) is 0 Å². The topological polar surface area (TPSA) is 38.7 Å². The summed E-state index contributed by atoms with van der Waals surface area (Å²) in [5.74, 6) is 0.669. The Labute approximate surface area is 343 Å². The fourth-order valence-electron chi connectivity index (χ4n) is 9.87. The molecule has 3 heteroatoms. The average Bonchev–Trinajstić information content (AvgIpc) is 3.56. The highest BCUT2D eigenvalue weighted by atomic mass is 14.9. The normalized spacial score (nSPS) is 12.9. The third-order valence-electron chi connectivity index (χ3n) is 12.4. The lowest BCUT2D eigenvalue weighted by Gasteiger charge is -2.35. The van der Waals surface area contributed by atoms with Gasteiger partial charge in [-0.3, -0.25) is 4.98 Å². The first-order valence-corrected chi connectivity index (χ1v) is 20.2. The third-order valence-corrected chi connectivity index (χ3v) is 12.4. The Balaban J connectivity index is 1.10. The Kier molecular flexibility index (Phi) is 7.45. The maximum atomic E-state index is 5.38. The molecule has 0 fully saturated rings. The minimum absolute atomic E-state index is 0.588. The van der Waals surface area contributed by atoms with Gasteiger partial charge in [0.15, 0.2) is 5.82 Å². The fraction of sp³-hybridized carbons (Fsp3) is 0.0179. The fourth-order valence-corrected chi connectivity index (χ4v) is 9.87. The van der Waals surface area contributed by atoms with Gasteiger partial charge in [-0.1, -0.05) is 176 Å². The first-order valence-electron chi connectivity index (χ1n) is 20.2. The van der Waals surface area contributed by atoms with Gasteiger partial charge in [-0.15, -0.1) is 0 Å². The maximum Gasteiger partial charge on any atom is 0.160 e. The summed E-state index contributed by atoms with van der Waals surface area (Å²) in [5, 5.41) is 2.47. The molecule has 0 amide bonds. The Bertz CT molecular complexity index is 3220. The second-order valence-electron chi connectivity index (χ2n) is 15.5. The molecule has 10 aromatic rings. The molecular formula is C56H35N3. The van der Waals surface area contributed by atoms with Crippen molar-refractivity contribution in [2.75, 3.05) is 0 Å². The van der Waals surface area contributed by atoms with Crippen LogP contribution in [0.15, 0.2) is 213 Å². The first kappa shape index (κ1) is 33.4. The second-order valence-corrected chi connectivity index (χ2v) is 15.5. The summed E-state index contributed by atoms with van der Waals surface area (Å²) in [6, 6.07) is 72.7. The highest BCUT2D eigenvalue weighted by Gasteiger charge is 2.49. The number of hydrogen-bond donors (Lipinski definition) is 0. The van der Waals surface area contributed by atoms with E-state index in [0.717, 1.165) is 28.1 Å². The molecule has 0 atom stereocenters. The first-order chi connectivity index (χ1) is 29.3. The Morgan fingerprint density at radius 1 is 0.322 bits per heavy atom. The van der Waals surface area contributed by atoms with E-state index in [2.05, 4.69) is 199 Å². The summed E-state index contributed by atoms with van der Waals surface area (Å²) in [6.07, 6.45) is 3.68. The van der Waals surface area contributed by atoms with Crippen LogP contribution in [0.1, 0.15) is 22.3 Å². The van der Waals surface area contributed by atoms with E-state index in [1.54, 1.807) is 6.20 Å². The maximum absolute atomic E-state index is 5.38. The predicted octanol–water partition coefficient (Wildman–Crippen LogP) is 13.7. The highest BCUT2D eigenvalue weighted by molar-refractivity contribution is 5.99. The minimum Gasteiger partial charge on any atom is -0.264 e. The van der Waals surface area contributed by atoms with E-state index in [9.17, 15) is 0 Å². The quantitative estimate of drug-likeness (QED) is 0.180. The van der Waals surface area contributed by atoms with Gasteiger partial charge in [-0.25, -0.2) is 9.97 Å². The van der Waals surface area contributed by atoms with Crippen molar-refractivity contribution in [3.8, 4) is 78.4 Å². The van der Waals surface area contributed by atoms with Crippen LogP contribution < -0.4 is 0 Å². The molecule has 0 aliphatic heterocycles. The van der Waals surface area contributed by atoms with E-state index >= 15 is 0 Å². The van der Waals surface area contributed by atoms with Crippen molar-refractivity contribution in [1.82, 2.24) is 15.0 Å². The van der Waals surface area contributed by atoms with Crippen molar-refractivity contribution < 1.29 is 0 Å². The summed E-state index contributed by atoms with van der Waals surface area (Å²) < 4.78 is 0. The Morgan fingerprint density at radius 2 is 0.831 bits per heavy atom. The number of aromatic nitrogens is 3. The molecule has 2 aromatic heterocycles. The summed E-state index contributed by atoms with van der Waals surface area (Å²) in [7, 11) is 0. The van der Waals surface area contributed by atoms with E-state index in [4.69, 9.17) is 9.97 Å². The molecule has 8 aromatic carbocycles. The summed E-state index contributed by atoms with van der Waals surface area (Å²) >= 11 is 0. The van der Waals surface area contributed by atoms with Crippen LogP contribution in [-0.2, 0) is 5.41 Å². The molecule has 2 heterocycles. The van der Waals surface area contributed by atoms with Gasteiger partial charge >= 0.3 is 0 Å². The molecule has 12 rings (SSSR count). The van der Waals surface area contributed by atoms with Crippen molar-refractivity contribution in [2.24, 2.45) is 0 Å². The molecule has 0 saturated heterocycles. The number of nitrogens with zero attached hydrogens (tertiary/aromatic N) is 3. The smallest absolute Gasteiger partial charge is 0.160 e. The SMILES string of the molecule is c1cncc(-c2cc(-c3ccc(-c4cccc5ccccc45)cc3)nc(-c3ccc4c(c3)C3(c5ccccc5-c5ccccc5-4)c4ccccc4-c4ccccc43)n2)c1. The van der Waals surface area contributed by atoms with Crippen molar-refractivity contribution in [3.63, 3.8) is 0 Å². The van der Waals surface area contributed by atoms with Crippen LogP contribution in [-0.4, -0.2) is 15.0 Å². The van der Waals surface area contributed by atoms with Gasteiger partial charge in [-0.05, 0) is 102 Å². The molecule has 274 valence electrons. The van der Waals surface area contributed by atoms with E-state index < -0.39 is 5.41 Å². The van der Waals surface area contributed by atoms with E-state index in [-0.39, 0.29) is 0 Å². The predicted molar refractivity (Wildman–Crippen MR) is 241 cm³/mol. The molecule has 0 radical (unpaired) electrons. The standard InChI is InChI=1S/C56H35N3/c1-2-16-41-36(13-1)14-11-22-42(41)37-26-28-38(29-27-37)53-34-54(40-15-12-32-57-35-40)59-55(58-53)39-30-31-48-44-18-4-3-17-43(44)45-19-5-8-23-49(45)56(52(48)33-39)50-24-9-6-20-46(50)47-21-7-10-25-51(47)56/h1-35H. The molecular weight excluding hydrogens is 715 g/mol. The van der Waals surface area contributed by atoms with Crippen LogP contribution in [0, 0.1) is 0 Å². The van der Waals surface area contributed by atoms with Crippen molar-refractivity contribution >= 4 is 10.8 Å². The lowest BCUT2D eigenvalue weighted by molar-refractivity contribution is 0.775. The van der Waals surface area contributed by atoms with Gasteiger partial charge < -0.3 is 0 Å². The van der Waals surface area contributed by atoms with Crippen LogP contribution in [0.25, 0.3) is 89.2 Å². The molecule has 0 saturated carbocycles. The van der Waals surface area contributed by atoms with Gasteiger partial charge in [0.2, 0.25) is 0 Å². The van der Waals surface area contributed by atoms with Crippen LogP contribution in [0.5, 0.6) is 0 Å². The molecule has 0 N–H and O–H groups in total. The van der Waals surface area contributed by atoms with Gasteiger partial charge in [0, 0.05) is 29.1 Å². The molecule has 0 unspecified atom stereocenters. The van der Waals surface area contributed by atoms with Crippen molar-refractivity contribution in [2.45, 2.75) is 5.41 Å². The van der Waals surface area contributed by atoms with Gasteiger partial charge in [0.25, 0.3) is 0 Å². The van der Waals surface area contributed by atoms with Crippen LogP contribution in [0.3, 0.4) is 0 Å². The molecule has 0 bridgehead atoms. The monoisotopic (exact) mass is 749 g/mol. The van der Waals surface area contributed by atoms with E-state index in [1.807, 2.05) is 12.3 Å². The lowest BCUT2D eigenvalue weighted by Crippen LogP contribution is -2.29. The number of fused-ring (bicyclic) bond motifs is 13. The molecule has 1 spiro atoms. The Hall–Kier alpha value is -7.75. The zero-order chi connectivity index (χ0) is 38.9. The van der Waals surface area contributed by atoms with Crippen molar-refractivity contribution in [3.05, 3.63) is 235 Å².